The van der Waals surface area contributed by atoms with Crippen LogP contribution in [0, 0.1) is 0 Å². The number of ether oxygens (including phenoxy) is 2. The number of carbonyl (C=O) groups is 3. The van der Waals surface area contributed by atoms with Gasteiger partial charge in [0.25, 0.3) is 0 Å². The largest absolute Gasteiger partial charge is 0.480 e. The van der Waals surface area contributed by atoms with E-state index in [1.807, 2.05) is 0 Å². The lowest BCUT2D eigenvalue weighted by molar-refractivity contribution is -0.161. The number of hydrogen-bond donors (Lipinski definition) is 3. The van der Waals surface area contributed by atoms with Crippen LogP contribution in [-0.2, 0) is 37.5 Å². The lowest BCUT2D eigenvalue weighted by atomic mass is 10.0. The van der Waals surface area contributed by atoms with Crippen molar-refractivity contribution in [3.8, 4) is 0 Å². The van der Waals surface area contributed by atoms with E-state index in [4.69, 9.17) is 24.8 Å². The van der Waals surface area contributed by atoms with Crippen molar-refractivity contribution in [1.29, 1.82) is 0 Å². The molecule has 12 heteroatoms. The van der Waals surface area contributed by atoms with Crippen molar-refractivity contribution < 1.29 is 47.5 Å². The topological polar surface area (TPSA) is 172 Å². The molecule has 0 aliphatic heterocycles. The maximum Gasteiger partial charge on any atom is 0.472 e. The molecule has 0 aromatic rings. The standard InChI is InChI=1S/C35H68NO10P/c1-3-5-7-9-11-13-14-15-16-17-18-19-21-23-25-27-34(38)46-31(29-44-47(41,42)45-30-32(36)35(39)40)28-43-33(37)26-24-22-20-12-10-8-6-4-2/h31-32H,3-30,36H2,1-2H3,(H,39,40)(H,41,42)/t31-,32-/m0/s1. The highest BCUT2D eigenvalue weighted by Crippen LogP contribution is 2.43. The quantitative estimate of drug-likeness (QED) is 0.0329. The molecule has 3 atom stereocenters. The molecule has 0 radical (unpaired) electrons. The van der Waals surface area contributed by atoms with Gasteiger partial charge in [0.1, 0.15) is 12.6 Å². The van der Waals surface area contributed by atoms with Crippen LogP contribution in [0.25, 0.3) is 0 Å². The number of carbonyl (C=O) groups excluding carboxylic acids is 2. The summed E-state index contributed by atoms with van der Waals surface area (Å²) in [4.78, 5) is 45.5. The van der Waals surface area contributed by atoms with Crippen molar-refractivity contribution in [3.05, 3.63) is 0 Å². The molecule has 0 aromatic carbocycles. The lowest BCUT2D eigenvalue weighted by Crippen LogP contribution is -2.34. The number of phosphoric ester groups is 1. The second-order valence-corrected chi connectivity index (χ2v) is 14.2. The molecule has 11 nitrogen and oxygen atoms in total. The minimum atomic E-state index is -4.70. The van der Waals surface area contributed by atoms with Crippen molar-refractivity contribution in [2.75, 3.05) is 19.8 Å². The second-order valence-electron chi connectivity index (χ2n) is 12.7. The van der Waals surface area contributed by atoms with Crippen LogP contribution in [0.1, 0.15) is 174 Å². The van der Waals surface area contributed by atoms with Gasteiger partial charge in [-0.2, -0.15) is 0 Å². The van der Waals surface area contributed by atoms with Gasteiger partial charge in [-0.1, -0.05) is 149 Å². The number of carboxylic acids is 1. The third kappa shape index (κ3) is 31.5. The molecule has 0 aliphatic carbocycles. The Kier molecular flexibility index (Phi) is 30.7. The average molecular weight is 694 g/mol. The summed E-state index contributed by atoms with van der Waals surface area (Å²) in [5, 5.41) is 8.83. The van der Waals surface area contributed by atoms with Gasteiger partial charge in [0, 0.05) is 12.8 Å². The summed E-state index contributed by atoms with van der Waals surface area (Å²) >= 11 is 0. The highest BCUT2D eigenvalue weighted by atomic mass is 31.2. The van der Waals surface area contributed by atoms with Crippen LogP contribution in [-0.4, -0.2) is 59.9 Å². The van der Waals surface area contributed by atoms with Gasteiger partial charge in [-0.25, -0.2) is 4.57 Å². The molecule has 0 rings (SSSR count). The smallest absolute Gasteiger partial charge is 0.472 e. The molecule has 0 amide bonds. The van der Waals surface area contributed by atoms with E-state index in [0.29, 0.717) is 12.8 Å². The van der Waals surface area contributed by atoms with Crippen LogP contribution in [0.3, 0.4) is 0 Å². The SMILES string of the molecule is CCCCCCCCCCCCCCCCCC(=O)O[C@@H](COC(=O)CCCCCCCCCC)COP(=O)(O)OC[C@H](N)C(=O)O. The highest BCUT2D eigenvalue weighted by Gasteiger charge is 2.28. The monoisotopic (exact) mass is 693 g/mol. The Hall–Kier alpha value is -1.52. The first kappa shape index (κ1) is 45.5. The normalized spacial score (nSPS) is 14.0. The minimum Gasteiger partial charge on any atom is -0.480 e. The number of rotatable bonds is 35. The molecular formula is C35H68NO10P. The zero-order valence-electron chi connectivity index (χ0n) is 29.6. The van der Waals surface area contributed by atoms with E-state index in [1.165, 1.54) is 96.3 Å². The fraction of sp³-hybridized carbons (Fsp3) is 0.914. The Labute approximate surface area is 285 Å². The predicted molar refractivity (Wildman–Crippen MR) is 185 cm³/mol. The minimum absolute atomic E-state index is 0.168. The maximum absolute atomic E-state index is 12.5. The van der Waals surface area contributed by atoms with Gasteiger partial charge in [-0.3, -0.25) is 23.4 Å². The summed E-state index contributed by atoms with van der Waals surface area (Å²) in [6.07, 6.45) is 26.2. The van der Waals surface area contributed by atoms with Crippen molar-refractivity contribution in [3.63, 3.8) is 0 Å². The van der Waals surface area contributed by atoms with Crippen LogP contribution in [0.4, 0.5) is 0 Å². The average Bonchev–Trinajstić information content (AvgIpc) is 3.04. The molecule has 0 bridgehead atoms. The van der Waals surface area contributed by atoms with Gasteiger partial charge >= 0.3 is 25.7 Å². The van der Waals surface area contributed by atoms with E-state index in [1.54, 1.807) is 0 Å². The summed E-state index contributed by atoms with van der Waals surface area (Å²) < 4.78 is 32.5. The number of esters is 2. The number of carboxylic acid groups (broad SMARTS) is 1. The van der Waals surface area contributed by atoms with Crippen molar-refractivity contribution in [2.45, 2.75) is 187 Å². The number of unbranched alkanes of at least 4 members (excludes halogenated alkanes) is 21. The summed E-state index contributed by atoms with van der Waals surface area (Å²) in [7, 11) is -4.70. The number of aliphatic carboxylic acids is 1. The zero-order chi connectivity index (χ0) is 35.0. The van der Waals surface area contributed by atoms with E-state index in [-0.39, 0.29) is 19.4 Å². The molecule has 0 saturated carbocycles. The van der Waals surface area contributed by atoms with Gasteiger partial charge in [-0.05, 0) is 12.8 Å². The van der Waals surface area contributed by atoms with E-state index in [9.17, 15) is 23.8 Å². The zero-order valence-corrected chi connectivity index (χ0v) is 30.5. The van der Waals surface area contributed by atoms with Gasteiger partial charge in [0.15, 0.2) is 6.10 Å². The Morgan fingerprint density at radius 1 is 0.574 bits per heavy atom. The molecule has 278 valence electrons. The first-order valence-corrected chi connectivity index (χ1v) is 20.1. The first-order valence-electron chi connectivity index (χ1n) is 18.6. The maximum atomic E-state index is 12.5. The first-order chi connectivity index (χ1) is 22.6. The molecule has 0 fully saturated rings. The van der Waals surface area contributed by atoms with Crippen molar-refractivity contribution >= 4 is 25.7 Å². The van der Waals surface area contributed by atoms with Crippen LogP contribution < -0.4 is 5.73 Å². The third-order valence-corrected chi connectivity index (χ3v) is 9.06. The fourth-order valence-electron chi connectivity index (χ4n) is 5.12. The molecule has 4 N–H and O–H groups in total. The van der Waals surface area contributed by atoms with Gasteiger partial charge < -0.3 is 25.2 Å². The molecule has 0 spiro atoms. The summed E-state index contributed by atoms with van der Waals surface area (Å²) in [6, 6.07) is -1.51. The molecule has 0 aromatic heterocycles. The van der Waals surface area contributed by atoms with E-state index < -0.39 is 51.1 Å². The molecule has 0 saturated heterocycles. The Bertz CT molecular complexity index is 828. The summed E-state index contributed by atoms with van der Waals surface area (Å²) in [5.74, 6) is -2.37. The number of nitrogens with two attached hydrogens (primary N) is 1. The Balaban J connectivity index is 4.38. The van der Waals surface area contributed by atoms with Gasteiger partial charge in [0.05, 0.1) is 13.2 Å². The summed E-state index contributed by atoms with van der Waals surface area (Å²) in [5.41, 5.74) is 5.30. The van der Waals surface area contributed by atoms with Gasteiger partial charge in [-0.15, -0.1) is 0 Å². The van der Waals surface area contributed by atoms with E-state index >= 15 is 0 Å². The third-order valence-electron chi connectivity index (χ3n) is 8.11. The number of phosphoric acid groups is 1. The van der Waals surface area contributed by atoms with Crippen molar-refractivity contribution in [2.24, 2.45) is 5.73 Å². The van der Waals surface area contributed by atoms with Crippen molar-refractivity contribution in [1.82, 2.24) is 0 Å². The Morgan fingerprint density at radius 3 is 1.34 bits per heavy atom. The van der Waals surface area contributed by atoms with Crippen LogP contribution in [0.15, 0.2) is 0 Å². The molecule has 47 heavy (non-hydrogen) atoms. The molecule has 1 unspecified atom stereocenters. The molecular weight excluding hydrogens is 625 g/mol. The number of hydrogen-bond acceptors (Lipinski definition) is 9. The van der Waals surface area contributed by atoms with Gasteiger partial charge in [0.2, 0.25) is 0 Å². The highest BCUT2D eigenvalue weighted by molar-refractivity contribution is 7.47. The predicted octanol–water partition coefficient (Wildman–Crippen LogP) is 8.78. The molecule has 0 aliphatic rings. The van der Waals surface area contributed by atoms with E-state index in [2.05, 4.69) is 18.4 Å². The second kappa shape index (κ2) is 31.7. The Morgan fingerprint density at radius 2 is 0.936 bits per heavy atom. The van der Waals surface area contributed by atoms with Crippen LogP contribution in [0.5, 0.6) is 0 Å². The van der Waals surface area contributed by atoms with Crippen LogP contribution >= 0.6 is 7.82 Å². The van der Waals surface area contributed by atoms with Crippen LogP contribution in [0.2, 0.25) is 0 Å². The fourth-order valence-corrected chi connectivity index (χ4v) is 5.90. The molecule has 0 heterocycles. The van der Waals surface area contributed by atoms with E-state index in [0.717, 1.165) is 38.5 Å². The lowest BCUT2D eigenvalue weighted by Gasteiger charge is -2.20. The summed E-state index contributed by atoms with van der Waals surface area (Å²) in [6.45, 7) is 2.76.